The number of aryl methyl sites for hydroxylation is 1. The lowest BCUT2D eigenvalue weighted by molar-refractivity contribution is 0.0988. The van der Waals surface area contributed by atoms with Crippen LogP contribution in [0.1, 0.15) is 16.2 Å². The van der Waals surface area contributed by atoms with Crippen molar-refractivity contribution in [3.05, 3.63) is 57.5 Å². The van der Waals surface area contributed by atoms with Crippen molar-refractivity contribution in [2.75, 3.05) is 11.9 Å². The van der Waals surface area contributed by atoms with Gasteiger partial charge in [0.1, 0.15) is 17.3 Å². The minimum atomic E-state index is -0.479. The van der Waals surface area contributed by atoms with Crippen molar-refractivity contribution in [1.82, 2.24) is 4.98 Å². The zero-order valence-corrected chi connectivity index (χ0v) is 14.7. The van der Waals surface area contributed by atoms with E-state index in [-0.39, 0.29) is 17.3 Å². The lowest BCUT2D eigenvalue weighted by Crippen LogP contribution is -2.27. The van der Waals surface area contributed by atoms with Crippen LogP contribution >= 0.6 is 27.3 Å². The summed E-state index contributed by atoms with van der Waals surface area (Å²) in [7, 11) is 1.52. The largest absolute Gasteiger partial charge is 0.459 e. The van der Waals surface area contributed by atoms with Gasteiger partial charge < -0.3 is 9.32 Å². The molecule has 0 unspecified atom stereocenters. The second-order valence-electron chi connectivity index (χ2n) is 4.91. The van der Waals surface area contributed by atoms with E-state index >= 15 is 0 Å². The average molecular weight is 395 g/mol. The minimum Gasteiger partial charge on any atom is -0.459 e. The van der Waals surface area contributed by atoms with Gasteiger partial charge in [-0.25, -0.2) is 9.37 Å². The summed E-state index contributed by atoms with van der Waals surface area (Å²) in [6.45, 7) is 1.84. The zero-order chi connectivity index (χ0) is 16.6. The van der Waals surface area contributed by atoms with Gasteiger partial charge in [-0.15, -0.1) is 11.3 Å². The number of carbonyl (C=O) groups is 1. The van der Waals surface area contributed by atoms with Crippen molar-refractivity contribution >= 4 is 38.9 Å². The smallest absolute Gasteiger partial charge is 0.277 e. The molecule has 3 rings (SSSR count). The van der Waals surface area contributed by atoms with Gasteiger partial charge in [0.05, 0.1) is 5.69 Å². The molecule has 1 amide bonds. The summed E-state index contributed by atoms with van der Waals surface area (Å²) in [6, 6.07) is 8.18. The third kappa shape index (κ3) is 3.20. The molecule has 0 radical (unpaired) electrons. The SMILES string of the molecule is Cc1ccc(-c2nc(C(=O)N(C)c3ccc(Br)cc3F)cs2)o1. The number of aromatic nitrogens is 1. The summed E-state index contributed by atoms with van der Waals surface area (Å²) < 4.78 is 20.1. The highest BCUT2D eigenvalue weighted by Gasteiger charge is 2.20. The molecule has 0 N–H and O–H groups in total. The molecule has 0 saturated carbocycles. The van der Waals surface area contributed by atoms with Crippen molar-refractivity contribution < 1.29 is 13.6 Å². The second kappa shape index (κ2) is 6.25. The van der Waals surface area contributed by atoms with Gasteiger partial charge in [-0.1, -0.05) is 15.9 Å². The predicted molar refractivity (Wildman–Crippen MR) is 91.4 cm³/mol. The van der Waals surface area contributed by atoms with Crippen LogP contribution in [0.15, 0.2) is 44.6 Å². The summed E-state index contributed by atoms with van der Waals surface area (Å²) in [6.07, 6.45) is 0. The van der Waals surface area contributed by atoms with E-state index < -0.39 is 5.82 Å². The first-order valence-corrected chi connectivity index (χ1v) is 8.38. The maximum absolute atomic E-state index is 14.0. The minimum absolute atomic E-state index is 0.196. The number of rotatable bonds is 3. The molecule has 0 aliphatic carbocycles. The van der Waals surface area contributed by atoms with Crippen molar-refractivity contribution in [3.8, 4) is 10.8 Å². The molecule has 4 nitrogen and oxygen atoms in total. The van der Waals surface area contributed by atoms with Gasteiger partial charge in [0, 0.05) is 16.9 Å². The molecule has 2 heterocycles. The Kier molecular flexibility index (Phi) is 4.32. The first-order valence-electron chi connectivity index (χ1n) is 6.71. The summed E-state index contributed by atoms with van der Waals surface area (Å²) in [4.78, 5) is 18.0. The van der Waals surface area contributed by atoms with E-state index in [1.165, 1.54) is 29.4 Å². The highest BCUT2D eigenvalue weighted by Crippen LogP contribution is 2.28. The first-order chi connectivity index (χ1) is 11.0. The standard InChI is InChI=1S/C16H12BrFN2O2S/c1-9-3-6-14(22-9)15-19-12(8-23-15)16(21)20(2)13-5-4-10(17)7-11(13)18/h3-8H,1-2H3. The number of thiazole rings is 1. The molecule has 0 spiro atoms. The van der Waals surface area contributed by atoms with Crippen LogP contribution in [-0.4, -0.2) is 17.9 Å². The Morgan fingerprint density at radius 3 is 2.78 bits per heavy atom. The van der Waals surface area contributed by atoms with E-state index in [9.17, 15) is 9.18 Å². The normalized spacial score (nSPS) is 10.8. The van der Waals surface area contributed by atoms with Crippen LogP contribution in [0.5, 0.6) is 0 Å². The Morgan fingerprint density at radius 2 is 2.13 bits per heavy atom. The van der Waals surface area contributed by atoms with Crippen LogP contribution in [-0.2, 0) is 0 Å². The Balaban J connectivity index is 1.87. The van der Waals surface area contributed by atoms with Crippen LogP contribution in [0, 0.1) is 12.7 Å². The molecule has 118 valence electrons. The average Bonchev–Trinajstić information content (AvgIpc) is 3.14. The van der Waals surface area contributed by atoms with Gasteiger partial charge in [0.15, 0.2) is 10.8 Å². The summed E-state index contributed by atoms with van der Waals surface area (Å²) >= 11 is 4.50. The number of benzene rings is 1. The van der Waals surface area contributed by atoms with Gasteiger partial charge in [0.25, 0.3) is 5.91 Å². The van der Waals surface area contributed by atoms with E-state index in [0.29, 0.717) is 15.2 Å². The summed E-state index contributed by atoms with van der Waals surface area (Å²) in [5.41, 5.74) is 0.450. The maximum atomic E-state index is 14.0. The van der Waals surface area contributed by atoms with Crippen LogP contribution in [0.4, 0.5) is 10.1 Å². The van der Waals surface area contributed by atoms with Gasteiger partial charge in [-0.05, 0) is 37.3 Å². The number of amides is 1. The van der Waals surface area contributed by atoms with Crippen molar-refractivity contribution in [3.63, 3.8) is 0 Å². The fraction of sp³-hybridized carbons (Fsp3) is 0.125. The number of nitrogens with zero attached hydrogens (tertiary/aromatic N) is 2. The number of furan rings is 1. The fourth-order valence-corrected chi connectivity index (χ4v) is 3.16. The third-order valence-corrected chi connectivity index (χ3v) is 4.60. The van der Waals surface area contributed by atoms with E-state index in [0.717, 1.165) is 5.76 Å². The highest BCUT2D eigenvalue weighted by molar-refractivity contribution is 9.10. The van der Waals surface area contributed by atoms with Crippen LogP contribution in [0.25, 0.3) is 10.8 Å². The molecule has 0 bridgehead atoms. The Hall–Kier alpha value is -1.99. The second-order valence-corrected chi connectivity index (χ2v) is 6.68. The van der Waals surface area contributed by atoms with Gasteiger partial charge in [0.2, 0.25) is 0 Å². The van der Waals surface area contributed by atoms with Crippen LogP contribution < -0.4 is 4.90 Å². The molecule has 0 atom stereocenters. The number of carbonyl (C=O) groups excluding carboxylic acids is 1. The lowest BCUT2D eigenvalue weighted by Gasteiger charge is -2.16. The van der Waals surface area contributed by atoms with E-state index in [1.54, 1.807) is 23.6 Å². The van der Waals surface area contributed by atoms with E-state index in [4.69, 9.17) is 4.42 Å². The van der Waals surface area contributed by atoms with Crippen molar-refractivity contribution in [2.24, 2.45) is 0 Å². The Morgan fingerprint density at radius 1 is 1.35 bits per heavy atom. The highest BCUT2D eigenvalue weighted by atomic mass is 79.9. The summed E-state index contributed by atoms with van der Waals surface area (Å²) in [5.74, 6) is 0.533. The van der Waals surface area contributed by atoms with Crippen LogP contribution in [0.3, 0.4) is 0 Å². The molecule has 7 heteroatoms. The molecular weight excluding hydrogens is 383 g/mol. The van der Waals surface area contributed by atoms with Gasteiger partial charge in [-0.3, -0.25) is 4.79 Å². The predicted octanol–water partition coefficient (Wildman–Crippen LogP) is 4.89. The number of hydrogen-bond donors (Lipinski definition) is 0. The van der Waals surface area contributed by atoms with Gasteiger partial charge >= 0.3 is 0 Å². The quantitative estimate of drug-likeness (QED) is 0.635. The monoisotopic (exact) mass is 394 g/mol. The topological polar surface area (TPSA) is 46.3 Å². The number of halogens is 2. The molecule has 3 aromatic rings. The molecule has 0 aliphatic rings. The molecule has 0 aliphatic heterocycles. The number of hydrogen-bond acceptors (Lipinski definition) is 4. The van der Waals surface area contributed by atoms with E-state index in [2.05, 4.69) is 20.9 Å². The molecule has 0 saturated heterocycles. The van der Waals surface area contributed by atoms with E-state index in [1.807, 2.05) is 13.0 Å². The molecule has 2 aromatic heterocycles. The first kappa shape index (κ1) is 15.9. The molecular formula is C16H12BrFN2O2S. The Bertz CT molecular complexity index is 875. The van der Waals surface area contributed by atoms with Crippen molar-refractivity contribution in [2.45, 2.75) is 6.92 Å². The Labute approximate surface area is 144 Å². The third-order valence-electron chi connectivity index (χ3n) is 3.25. The number of anilines is 1. The zero-order valence-electron chi connectivity index (χ0n) is 12.3. The fourth-order valence-electron chi connectivity index (χ4n) is 2.07. The molecule has 0 fully saturated rings. The maximum Gasteiger partial charge on any atom is 0.277 e. The molecule has 23 heavy (non-hydrogen) atoms. The lowest BCUT2D eigenvalue weighted by atomic mass is 10.2. The molecule has 1 aromatic carbocycles. The van der Waals surface area contributed by atoms with Crippen molar-refractivity contribution in [1.29, 1.82) is 0 Å². The van der Waals surface area contributed by atoms with Crippen LogP contribution in [0.2, 0.25) is 0 Å². The summed E-state index contributed by atoms with van der Waals surface area (Å²) in [5, 5.41) is 2.26. The van der Waals surface area contributed by atoms with Gasteiger partial charge in [-0.2, -0.15) is 0 Å².